The van der Waals surface area contributed by atoms with Gasteiger partial charge < -0.3 is 37.6 Å². The van der Waals surface area contributed by atoms with Crippen molar-refractivity contribution >= 4 is 35.6 Å². The van der Waals surface area contributed by atoms with Gasteiger partial charge in [0.05, 0.1) is 12.5 Å². The van der Waals surface area contributed by atoms with E-state index < -0.39 is 72.6 Å². The van der Waals surface area contributed by atoms with Crippen molar-refractivity contribution < 1.29 is 39.0 Å². The van der Waals surface area contributed by atoms with Gasteiger partial charge in [-0.15, -0.1) is 0 Å². The molecule has 34 heavy (non-hydrogen) atoms. The van der Waals surface area contributed by atoms with Gasteiger partial charge >= 0.3 is 11.9 Å². The minimum atomic E-state index is -1.52. The highest BCUT2D eigenvalue weighted by Crippen LogP contribution is 2.07. The molecule has 0 saturated heterocycles. The quantitative estimate of drug-likeness (QED) is 0.154. The first-order valence-corrected chi connectivity index (χ1v) is 10.3. The van der Waals surface area contributed by atoms with E-state index in [0.29, 0.717) is 5.56 Å². The number of carboxylic acid groups (broad SMARTS) is 2. The van der Waals surface area contributed by atoms with Crippen molar-refractivity contribution in [3.63, 3.8) is 0 Å². The first-order chi connectivity index (χ1) is 15.9. The van der Waals surface area contributed by atoms with Crippen LogP contribution in [0, 0.1) is 0 Å². The van der Waals surface area contributed by atoms with Crippen LogP contribution in [0.2, 0.25) is 0 Å². The van der Waals surface area contributed by atoms with Crippen molar-refractivity contribution in [3.8, 4) is 0 Å². The van der Waals surface area contributed by atoms with Crippen LogP contribution in [-0.4, -0.2) is 69.9 Å². The highest BCUT2D eigenvalue weighted by atomic mass is 16.4. The van der Waals surface area contributed by atoms with Crippen LogP contribution in [0.5, 0.6) is 0 Å². The molecular weight excluding hydrogens is 450 g/mol. The molecule has 4 atom stereocenters. The topological polar surface area (TPSA) is 231 Å². The number of hydrogen-bond acceptors (Lipinski definition) is 7. The van der Waals surface area contributed by atoms with E-state index in [1.807, 2.05) is 0 Å². The van der Waals surface area contributed by atoms with Crippen molar-refractivity contribution in [2.75, 3.05) is 0 Å². The molecule has 0 aliphatic heterocycles. The monoisotopic (exact) mass is 479 g/mol. The summed E-state index contributed by atoms with van der Waals surface area (Å²) in [6.45, 7) is 1.36. The number of amides is 4. The standard InChI is InChI=1S/C21H29N5O8/c1-11(22)18(30)25-15(10-16(23)27)20(32)26-14(9-12-5-3-2-4-6-12)19(31)24-13(21(33)34)7-8-17(28)29/h2-6,11,13-15H,7-10,22H2,1H3,(H2,23,27)(H,24,31)(H,25,30)(H,26,32)(H,28,29)(H,33,34). The van der Waals surface area contributed by atoms with Crippen molar-refractivity contribution in [2.24, 2.45) is 11.5 Å². The van der Waals surface area contributed by atoms with E-state index in [9.17, 15) is 33.9 Å². The molecule has 0 saturated carbocycles. The summed E-state index contributed by atoms with van der Waals surface area (Å²) >= 11 is 0. The Morgan fingerprint density at radius 3 is 1.88 bits per heavy atom. The summed E-state index contributed by atoms with van der Waals surface area (Å²) in [4.78, 5) is 71.3. The summed E-state index contributed by atoms with van der Waals surface area (Å²) in [5, 5.41) is 25.0. The van der Waals surface area contributed by atoms with Crippen molar-refractivity contribution in [3.05, 3.63) is 35.9 Å². The molecule has 0 aliphatic rings. The second kappa shape index (κ2) is 13.5. The van der Waals surface area contributed by atoms with E-state index in [1.165, 1.54) is 6.92 Å². The van der Waals surface area contributed by atoms with Crippen LogP contribution < -0.4 is 27.4 Å². The van der Waals surface area contributed by atoms with Crippen LogP contribution in [-0.2, 0) is 35.2 Å². The zero-order valence-corrected chi connectivity index (χ0v) is 18.5. The maximum absolute atomic E-state index is 12.9. The van der Waals surface area contributed by atoms with Gasteiger partial charge in [-0.1, -0.05) is 30.3 Å². The minimum Gasteiger partial charge on any atom is -0.481 e. The number of rotatable bonds is 14. The smallest absolute Gasteiger partial charge is 0.326 e. The molecule has 4 unspecified atom stereocenters. The van der Waals surface area contributed by atoms with E-state index in [0.717, 1.165) is 0 Å². The molecule has 0 aliphatic carbocycles. The Morgan fingerprint density at radius 1 is 0.853 bits per heavy atom. The van der Waals surface area contributed by atoms with E-state index in [2.05, 4.69) is 16.0 Å². The van der Waals surface area contributed by atoms with Crippen LogP contribution >= 0.6 is 0 Å². The molecule has 0 fully saturated rings. The molecule has 1 aromatic carbocycles. The largest absolute Gasteiger partial charge is 0.481 e. The normalized spacial score (nSPS) is 14.1. The molecule has 0 radical (unpaired) electrons. The number of carbonyl (C=O) groups excluding carboxylic acids is 4. The first-order valence-electron chi connectivity index (χ1n) is 10.3. The number of nitrogens with two attached hydrogens (primary N) is 2. The molecule has 9 N–H and O–H groups in total. The average Bonchev–Trinajstić information content (AvgIpc) is 2.75. The Hall–Kier alpha value is -4.00. The summed E-state index contributed by atoms with van der Waals surface area (Å²) in [7, 11) is 0. The molecule has 186 valence electrons. The zero-order valence-electron chi connectivity index (χ0n) is 18.5. The van der Waals surface area contributed by atoms with Crippen LogP contribution in [0.15, 0.2) is 30.3 Å². The van der Waals surface area contributed by atoms with Crippen molar-refractivity contribution in [2.45, 2.75) is 56.8 Å². The van der Waals surface area contributed by atoms with E-state index >= 15 is 0 Å². The molecule has 1 rings (SSSR count). The fraction of sp³-hybridized carbons (Fsp3) is 0.429. The van der Waals surface area contributed by atoms with Crippen LogP contribution in [0.3, 0.4) is 0 Å². The molecule has 13 heteroatoms. The van der Waals surface area contributed by atoms with Crippen molar-refractivity contribution in [1.82, 2.24) is 16.0 Å². The van der Waals surface area contributed by atoms with E-state index in [4.69, 9.17) is 16.6 Å². The third-order valence-corrected chi connectivity index (χ3v) is 4.63. The fourth-order valence-electron chi connectivity index (χ4n) is 2.84. The fourth-order valence-corrected chi connectivity index (χ4v) is 2.84. The molecule has 0 aromatic heterocycles. The summed E-state index contributed by atoms with van der Waals surface area (Å²) in [6, 6.07) is 3.21. The third-order valence-electron chi connectivity index (χ3n) is 4.63. The predicted molar refractivity (Wildman–Crippen MR) is 118 cm³/mol. The maximum Gasteiger partial charge on any atom is 0.326 e. The lowest BCUT2D eigenvalue weighted by atomic mass is 10.0. The van der Waals surface area contributed by atoms with Crippen LogP contribution in [0.4, 0.5) is 0 Å². The van der Waals surface area contributed by atoms with Gasteiger partial charge in [0.2, 0.25) is 23.6 Å². The summed E-state index contributed by atoms with van der Waals surface area (Å²) in [5.74, 6) is -6.13. The van der Waals surface area contributed by atoms with Gasteiger partial charge in [-0.25, -0.2) is 4.79 Å². The minimum absolute atomic E-state index is 0.0613. The predicted octanol–water partition coefficient (Wildman–Crippen LogP) is -2.14. The average molecular weight is 479 g/mol. The van der Waals surface area contributed by atoms with Gasteiger partial charge in [-0.2, -0.15) is 0 Å². The Bertz CT molecular complexity index is 906. The highest BCUT2D eigenvalue weighted by molar-refractivity contribution is 5.96. The first kappa shape index (κ1) is 28.0. The van der Waals surface area contributed by atoms with Gasteiger partial charge in [0.1, 0.15) is 18.1 Å². The second-order valence-electron chi connectivity index (χ2n) is 7.60. The Labute approximate surface area is 195 Å². The lowest BCUT2D eigenvalue weighted by Crippen LogP contribution is -2.58. The summed E-state index contributed by atoms with van der Waals surface area (Å²) < 4.78 is 0. The maximum atomic E-state index is 12.9. The number of primary amides is 1. The second-order valence-corrected chi connectivity index (χ2v) is 7.60. The molecule has 0 bridgehead atoms. The number of hydrogen-bond donors (Lipinski definition) is 7. The molecular formula is C21H29N5O8. The number of carbonyl (C=O) groups is 6. The van der Waals surface area contributed by atoms with E-state index in [1.54, 1.807) is 30.3 Å². The van der Waals surface area contributed by atoms with Crippen LogP contribution in [0.25, 0.3) is 0 Å². The van der Waals surface area contributed by atoms with Gasteiger partial charge in [0, 0.05) is 12.8 Å². The summed E-state index contributed by atoms with van der Waals surface area (Å²) in [6.07, 6.45) is -1.51. The molecule has 0 spiro atoms. The van der Waals surface area contributed by atoms with Gasteiger partial charge in [0.25, 0.3) is 0 Å². The SMILES string of the molecule is CC(N)C(=O)NC(CC(N)=O)C(=O)NC(Cc1ccccc1)C(=O)NC(CCC(=O)O)C(=O)O. The third kappa shape index (κ3) is 10.1. The number of benzene rings is 1. The van der Waals surface area contributed by atoms with Gasteiger partial charge in [0.15, 0.2) is 0 Å². The van der Waals surface area contributed by atoms with Gasteiger partial charge in [-0.05, 0) is 18.9 Å². The Balaban J connectivity index is 3.11. The van der Waals surface area contributed by atoms with Crippen LogP contribution in [0.1, 0.15) is 31.7 Å². The molecule has 0 heterocycles. The number of aliphatic carboxylic acids is 2. The number of carboxylic acids is 2. The number of nitrogens with one attached hydrogen (secondary N) is 3. The highest BCUT2D eigenvalue weighted by Gasteiger charge is 2.31. The lowest BCUT2D eigenvalue weighted by molar-refractivity contribution is -0.143. The van der Waals surface area contributed by atoms with Gasteiger partial charge in [-0.3, -0.25) is 24.0 Å². The molecule has 4 amide bonds. The summed E-state index contributed by atoms with van der Waals surface area (Å²) in [5.41, 5.74) is 11.3. The lowest BCUT2D eigenvalue weighted by Gasteiger charge is -2.24. The van der Waals surface area contributed by atoms with E-state index in [-0.39, 0.29) is 12.8 Å². The Kier molecular flexibility index (Phi) is 11.2. The Morgan fingerprint density at radius 2 is 1.38 bits per heavy atom. The zero-order chi connectivity index (χ0) is 25.8. The molecule has 13 nitrogen and oxygen atoms in total. The molecule has 1 aromatic rings. The van der Waals surface area contributed by atoms with Crippen molar-refractivity contribution in [1.29, 1.82) is 0 Å².